The number of hydrogen-bond acceptors (Lipinski definition) is 6. The summed E-state index contributed by atoms with van der Waals surface area (Å²) in [4.78, 5) is 21.6. The molecule has 0 fully saturated rings. The van der Waals surface area contributed by atoms with Crippen molar-refractivity contribution in [3.05, 3.63) is 82.5 Å². The van der Waals surface area contributed by atoms with Crippen molar-refractivity contribution in [2.45, 2.75) is 26.9 Å². The molecule has 0 spiro atoms. The van der Waals surface area contributed by atoms with E-state index in [4.69, 9.17) is 4.74 Å². The van der Waals surface area contributed by atoms with E-state index in [-0.39, 0.29) is 28.8 Å². The number of aliphatic imine (C=N–C) groups is 1. The Bertz CT molecular complexity index is 1450. The molecule has 35 heavy (non-hydrogen) atoms. The number of nitrogens with one attached hydrogen (secondary N) is 1. The molecule has 0 bridgehead atoms. The van der Waals surface area contributed by atoms with Crippen molar-refractivity contribution in [1.29, 1.82) is 0 Å². The van der Waals surface area contributed by atoms with E-state index in [9.17, 15) is 17.6 Å². The molecule has 1 aliphatic heterocycles. The van der Waals surface area contributed by atoms with Crippen LogP contribution in [0.25, 0.3) is 22.5 Å². The number of ether oxygens (including phenoxy) is 1. The molecule has 0 saturated heterocycles. The maximum Gasteiger partial charge on any atom is 0.267 e. The molecule has 2 aromatic carbocycles. The number of benzene rings is 2. The largest absolute Gasteiger partial charge is 0.491 e. The van der Waals surface area contributed by atoms with E-state index < -0.39 is 21.7 Å². The van der Waals surface area contributed by atoms with Gasteiger partial charge in [0.15, 0.2) is 0 Å². The van der Waals surface area contributed by atoms with Crippen LogP contribution < -0.4 is 9.46 Å². The van der Waals surface area contributed by atoms with Gasteiger partial charge >= 0.3 is 0 Å². The Morgan fingerprint density at radius 2 is 1.80 bits per heavy atom. The minimum atomic E-state index is -4.06. The summed E-state index contributed by atoms with van der Waals surface area (Å²) in [6, 6.07) is 14.6. The first-order valence-electron chi connectivity index (χ1n) is 10.9. The van der Waals surface area contributed by atoms with Gasteiger partial charge in [-0.2, -0.15) is 0 Å². The molecule has 0 aliphatic carbocycles. The van der Waals surface area contributed by atoms with E-state index in [1.54, 1.807) is 24.3 Å². The molecule has 0 saturated carbocycles. The number of amides is 1. The third-order valence-electron chi connectivity index (χ3n) is 5.19. The quantitative estimate of drug-likeness (QED) is 0.516. The van der Waals surface area contributed by atoms with Crippen LogP contribution in [0.15, 0.2) is 70.6 Å². The van der Waals surface area contributed by atoms with Crippen LogP contribution in [0.2, 0.25) is 0 Å². The molecule has 1 amide bonds. The number of hydrogen-bond donors (Lipinski definition) is 1. The fraction of sp³-hybridized carbons (Fsp3) is 0.192. The van der Waals surface area contributed by atoms with Crippen molar-refractivity contribution in [1.82, 2.24) is 9.71 Å². The molecule has 9 heteroatoms. The zero-order valence-corrected chi connectivity index (χ0v) is 20.3. The fourth-order valence-electron chi connectivity index (χ4n) is 3.53. The van der Waals surface area contributed by atoms with E-state index in [0.717, 1.165) is 5.56 Å². The third kappa shape index (κ3) is 5.63. The van der Waals surface area contributed by atoms with Gasteiger partial charge in [-0.3, -0.25) is 9.79 Å². The molecule has 1 N–H and O–H groups in total. The number of aryl methyl sites for hydroxylation is 1. The summed E-state index contributed by atoms with van der Waals surface area (Å²) < 4.78 is 47.3. The van der Waals surface area contributed by atoms with Gasteiger partial charge in [-0.05, 0) is 51.1 Å². The fourth-order valence-corrected chi connectivity index (χ4v) is 4.50. The average Bonchev–Trinajstić information content (AvgIpc) is 3.34. The molecular formula is C26H24FN3O4S. The van der Waals surface area contributed by atoms with E-state index in [1.807, 2.05) is 32.9 Å². The predicted molar refractivity (Wildman–Crippen MR) is 133 cm³/mol. The molecule has 0 atom stereocenters. The molecule has 1 aromatic heterocycles. The van der Waals surface area contributed by atoms with Crippen LogP contribution in [-0.2, 0) is 10.0 Å². The summed E-state index contributed by atoms with van der Waals surface area (Å²) in [5.41, 5.74) is 2.81. The van der Waals surface area contributed by atoms with Crippen molar-refractivity contribution in [3.63, 3.8) is 0 Å². The zero-order valence-electron chi connectivity index (χ0n) is 19.4. The van der Waals surface area contributed by atoms with Gasteiger partial charge in [-0.15, -0.1) is 0 Å². The second-order valence-electron chi connectivity index (χ2n) is 8.36. The Balaban J connectivity index is 1.78. The molecule has 3 aromatic rings. The minimum absolute atomic E-state index is 0.00441. The number of sulfonamides is 1. The van der Waals surface area contributed by atoms with Gasteiger partial charge in [0, 0.05) is 23.4 Å². The van der Waals surface area contributed by atoms with Crippen LogP contribution in [0.4, 0.5) is 4.39 Å². The molecule has 1 aliphatic rings. The van der Waals surface area contributed by atoms with Crippen molar-refractivity contribution >= 4 is 22.1 Å². The van der Waals surface area contributed by atoms with Gasteiger partial charge in [-0.25, -0.2) is 22.5 Å². The number of nitrogens with zero attached hydrogens (tertiary/aromatic N) is 2. The first-order valence-corrected chi connectivity index (χ1v) is 12.4. The lowest BCUT2D eigenvalue weighted by molar-refractivity contribution is 0.0982. The SMILES string of the molecule is Cc1ccc(-c2nc(-c3cc(F)cc(OC(C)C)c3)ccc2C(=O)NS(=O)(=O)C2=CC=NC2)cc1. The molecule has 0 unspecified atom stereocenters. The number of carbonyl (C=O) groups is 1. The maximum absolute atomic E-state index is 14.3. The van der Waals surface area contributed by atoms with Crippen molar-refractivity contribution < 1.29 is 22.3 Å². The monoisotopic (exact) mass is 493 g/mol. The Morgan fingerprint density at radius 1 is 1.06 bits per heavy atom. The van der Waals surface area contributed by atoms with E-state index in [1.165, 1.54) is 30.5 Å². The van der Waals surface area contributed by atoms with Crippen LogP contribution >= 0.6 is 0 Å². The highest BCUT2D eigenvalue weighted by molar-refractivity contribution is 7.94. The number of halogens is 1. The number of aromatic nitrogens is 1. The number of allylic oxidation sites excluding steroid dienone is 1. The summed E-state index contributed by atoms with van der Waals surface area (Å²) in [5.74, 6) is -0.957. The molecule has 2 heterocycles. The first-order chi connectivity index (χ1) is 16.6. The third-order valence-corrected chi connectivity index (χ3v) is 6.60. The highest BCUT2D eigenvalue weighted by Crippen LogP contribution is 2.30. The standard InChI is InChI=1S/C26H24FN3O4S/c1-16(2)34-21-13-19(12-20(27)14-21)24-9-8-23(25(29-24)18-6-4-17(3)5-7-18)26(31)30-35(32,33)22-10-11-28-15-22/h4-14,16H,15H2,1-3H3,(H,30,31). The molecule has 7 nitrogen and oxygen atoms in total. The lowest BCUT2D eigenvalue weighted by Crippen LogP contribution is -2.32. The topological polar surface area (TPSA) is 97.7 Å². The van der Waals surface area contributed by atoms with E-state index in [2.05, 4.69) is 14.7 Å². The van der Waals surface area contributed by atoms with Gasteiger partial charge in [0.05, 0.1) is 34.5 Å². The molecule has 4 rings (SSSR count). The Hall–Kier alpha value is -3.85. The lowest BCUT2D eigenvalue weighted by Gasteiger charge is -2.14. The number of rotatable bonds is 7. The summed E-state index contributed by atoms with van der Waals surface area (Å²) in [5, 5.41) is 0. The zero-order chi connectivity index (χ0) is 25.2. The minimum Gasteiger partial charge on any atom is -0.491 e. The van der Waals surface area contributed by atoms with Crippen LogP contribution in [0.1, 0.15) is 29.8 Å². The maximum atomic E-state index is 14.3. The number of pyridine rings is 1. The first kappa shape index (κ1) is 24.3. The summed E-state index contributed by atoms with van der Waals surface area (Å²) in [7, 11) is -4.06. The van der Waals surface area contributed by atoms with Crippen LogP contribution in [0, 0.1) is 12.7 Å². The predicted octanol–water partition coefficient (Wildman–Crippen LogP) is 4.68. The van der Waals surface area contributed by atoms with Gasteiger partial charge in [0.2, 0.25) is 0 Å². The van der Waals surface area contributed by atoms with Crippen molar-refractivity contribution in [2.75, 3.05) is 6.54 Å². The van der Waals surface area contributed by atoms with E-state index in [0.29, 0.717) is 22.6 Å². The molecule has 0 radical (unpaired) electrons. The van der Waals surface area contributed by atoms with Crippen LogP contribution in [0.5, 0.6) is 5.75 Å². The van der Waals surface area contributed by atoms with Gasteiger partial charge in [0.1, 0.15) is 11.6 Å². The van der Waals surface area contributed by atoms with Crippen LogP contribution in [-0.4, -0.2) is 38.2 Å². The van der Waals surface area contributed by atoms with E-state index >= 15 is 0 Å². The highest BCUT2D eigenvalue weighted by Gasteiger charge is 2.25. The summed E-state index contributed by atoms with van der Waals surface area (Å²) in [6.45, 7) is 5.58. The Kier molecular flexibility index (Phi) is 6.79. The highest BCUT2D eigenvalue weighted by atomic mass is 32.2. The van der Waals surface area contributed by atoms with Gasteiger partial charge < -0.3 is 4.74 Å². The van der Waals surface area contributed by atoms with Gasteiger partial charge in [0.25, 0.3) is 15.9 Å². The average molecular weight is 494 g/mol. The normalized spacial score (nSPS) is 13.1. The number of carbonyl (C=O) groups excluding carboxylic acids is 1. The summed E-state index contributed by atoms with van der Waals surface area (Å²) >= 11 is 0. The Morgan fingerprint density at radius 3 is 2.46 bits per heavy atom. The van der Waals surface area contributed by atoms with Crippen molar-refractivity contribution in [3.8, 4) is 28.3 Å². The lowest BCUT2D eigenvalue weighted by atomic mass is 10.0. The second kappa shape index (κ2) is 9.79. The molecule has 180 valence electrons. The molecular weight excluding hydrogens is 469 g/mol. The van der Waals surface area contributed by atoms with Crippen molar-refractivity contribution in [2.24, 2.45) is 4.99 Å². The summed E-state index contributed by atoms with van der Waals surface area (Å²) in [6.07, 6.45) is 2.58. The van der Waals surface area contributed by atoms with Crippen LogP contribution in [0.3, 0.4) is 0 Å². The second-order valence-corrected chi connectivity index (χ2v) is 10.1. The van der Waals surface area contributed by atoms with Gasteiger partial charge in [-0.1, -0.05) is 29.8 Å². The Labute approximate surface area is 203 Å². The smallest absolute Gasteiger partial charge is 0.267 e.